The first-order chi connectivity index (χ1) is 7.08. The van der Waals surface area contributed by atoms with Gasteiger partial charge >= 0.3 is 0 Å². The van der Waals surface area contributed by atoms with Crippen LogP contribution in [-0.2, 0) is 14.6 Å². The van der Waals surface area contributed by atoms with Crippen molar-refractivity contribution in [2.45, 2.75) is 4.90 Å². The highest BCUT2D eigenvalue weighted by atomic mass is 35.5. The molecule has 0 unspecified atom stereocenters. The van der Waals surface area contributed by atoms with Crippen LogP contribution in [0.15, 0.2) is 29.2 Å². The lowest BCUT2D eigenvalue weighted by molar-refractivity contribution is -0.0204. The van der Waals surface area contributed by atoms with E-state index < -0.39 is 9.84 Å². The fraction of sp³-hybridized carbons (Fsp3) is 0.400. The molecule has 1 aromatic carbocycles. The molecular weight excluding hydrogens is 236 g/mol. The van der Waals surface area contributed by atoms with E-state index in [-0.39, 0.29) is 11.7 Å². The Bertz CT molecular complexity index is 451. The van der Waals surface area contributed by atoms with Crippen molar-refractivity contribution in [1.82, 2.24) is 0 Å². The zero-order valence-corrected chi connectivity index (χ0v) is 9.59. The highest BCUT2D eigenvalue weighted by molar-refractivity contribution is 7.91. The van der Waals surface area contributed by atoms with Crippen LogP contribution in [0.3, 0.4) is 0 Å². The topological polar surface area (TPSA) is 43.4 Å². The highest BCUT2D eigenvalue weighted by Crippen LogP contribution is 2.21. The van der Waals surface area contributed by atoms with E-state index in [1.807, 2.05) is 0 Å². The summed E-state index contributed by atoms with van der Waals surface area (Å²) in [7, 11) is -3.21. The van der Waals surface area contributed by atoms with Gasteiger partial charge in [-0.1, -0.05) is 17.7 Å². The molecule has 0 bridgehead atoms. The van der Waals surface area contributed by atoms with Crippen LogP contribution in [0.4, 0.5) is 0 Å². The van der Waals surface area contributed by atoms with Gasteiger partial charge in [-0.2, -0.15) is 0 Å². The number of benzene rings is 1. The Balaban J connectivity index is 2.20. The molecule has 1 aliphatic heterocycles. The molecule has 15 heavy (non-hydrogen) atoms. The molecule has 0 spiro atoms. The summed E-state index contributed by atoms with van der Waals surface area (Å²) in [5, 5.41) is 0.445. The maximum atomic E-state index is 11.9. The van der Waals surface area contributed by atoms with E-state index in [1.165, 1.54) is 6.07 Å². The monoisotopic (exact) mass is 246 g/mol. The Morgan fingerprint density at radius 1 is 1.40 bits per heavy atom. The Labute approximate surface area is 93.9 Å². The largest absolute Gasteiger partial charge is 0.381 e. The van der Waals surface area contributed by atoms with Gasteiger partial charge in [-0.15, -0.1) is 0 Å². The summed E-state index contributed by atoms with van der Waals surface area (Å²) < 4.78 is 28.7. The smallest absolute Gasteiger partial charge is 0.178 e. The van der Waals surface area contributed by atoms with Gasteiger partial charge in [-0.25, -0.2) is 8.42 Å². The normalized spacial score (nSPS) is 17.4. The maximum absolute atomic E-state index is 11.9. The van der Waals surface area contributed by atoms with Crippen LogP contribution >= 0.6 is 11.6 Å². The molecule has 0 amide bonds. The van der Waals surface area contributed by atoms with E-state index in [2.05, 4.69) is 0 Å². The average Bonchev–Trinajstić information content (AvgIpc) is 2.12. The molecule has 3 nitrogen and oxygen atoms in total. The Hall–Kier alpha value is -0.580. The van der Waals surface area contributed by atoms with Crippen molar-refractivity contribution in [1.29, 1.82) is 0 Å². The van der Waals surface area contributed by atoms with Gasteiger partial charge in [0.1, 0.15) is 0 Å². The molecule has 1 aromatic rings. The summed E-state index contributed by atoms with van der Waals surface area (Å²) in [4.78, 5) is 0.293. The lowest BCUT2D eigenvalue weighted by Crippen LogP contribution is -2.33. The second kappa shape index (κ2) is 4.12. The summed E-state index contributed by atoms with van der Waals surface area (Å²) in [5.74, 6) is 0.279. The standard InChI is InChI=1S/C10H11ClO3S/c11-9-2-1-3-10(4-9)15(12,13)7-8-5-14-6-8/h1-4,8H,5-7H2. The fourth-order valence-corrected chi connectivity index (χ4v) is 3.30. The minimum Gasteiger partial charge on any atom is -0.381 e. The molecule has 1 aliphatic rings. The van der Waals surface area contributed by atoms with E-state index in [1.54, 1.807) is 18.2 Å². The van der Waals surface area contributed by atoms with E-state index in [0.717, 1.165) is 0 Å². The van der Waals surface area contributed by atoms with Crippen LogP contribution in [0.1, 0.15) is 0 Å². The molecule has 2 rings (SSSR count). The summed E-state index contributed by atoms with van der Waals surface area (Å²) >= 11 is 5.75. The van der Waals surface area contributed by atoms with Crippen molar-refractivity contribution in [2.75, 3.05) is 19.0 Å². The second-order valence-corrected chi connectivity index (χ2v) is 6.11. The quantitative estimate of drug-likeness (QED) is 0.816. The summed E-state index contributed by atoms with van der Waals surface area (Å²) in [6.07, 6.45) is 0. The van der Waals surface area contributed by atoms with Crippen LogP contribution in [0, 0.1) is 5.92 Å². The van der Waals surface area contributed by atoms with Crippen molar-refractivity contribution in [3.63, 3.8) is 0 Å². The van der Waals surface area contributed by atoms with Crippen LogP contribution in [0.5, 0.6) is 0 Å². The number of ether oxygens (including phenoxy) is 1. The first-order valence-electron chi connectivity index (χ1n) is 4.64. The highest BCUT2D eigenvalue weighted by Gasteiger charge is 2.26. The number of halogens is 1. The Morgan fingerprint density at radius 3 is 2.67 bits per heavy atom. The average molecular weight is 247 g/mol. The van der Waals surface area contributed by atoms with Crippen molar-refractivity contribution in [3.05, 3.63) is 29.3 Å². The maximum Gasteiger partial charge on any atom is 0.178 e. The molecule has 0 N–H and O–H groups in total. The van der Waals surface area contributed by atoms with Gasteiger partial charge in [0.15, 0.2) is 9.84 Å². The molecule has 1 heterocycles. The van der Waals surface area contributed by atoms with Gasteiger partial charge in [0.25, 0.3) is 0 Å². The van der Waals surface area contributed by atoms with Crippen molar-refractivity contribution < 1.29 is 13.2 Å². The number of sulfone groups is 1. The Kier molecular flexibility index (Phi) is 3.00. The zero-order valence-electron chi connectivity index (χ0n) is 8.02. The molecule has 5 heteroatoms. The number of hydrogen-bond donors (Lipinski definition) is 0. The molecule has 1 fully saturated rings. The number of rotatable bonds is 3. The van der Waals surface area contributed by atoms with Crippen LogP contribution in [-0.4, -0.2) is 27.4 Å². The second-order valence-electron chi connectivity index (χ2n) is 3.64. The molecule has 1 saturated heterocycles. The van der Waals surface area contributed by atoms with Gasteiger partial charge in [0.05, 0.1) is 23.9 Å². The van der Waals surface area contributed by atoms with Gasteiger partial charge in [0, 0.05) is 10.9 Å². The zero-order chi connectivity index (χ0) is 10.9. The van der Waals surface area contributed by atoms with Gasteiger partial charge < -0.3 is 4.74 Å². The van der Waals surface area contributed by atoms with Crippen LogP contribution in [0.25, 0.3) is 0 Å². The minimum atomic E-state index is -3.21. The molecule has 82 valence electrons. The van der Waals surface area contributed by atoms with Gasteiger partial charge in [0.2, 0.25) is 0 Å². The minimum absolute atomic E-state index is 0.133. The first kappa shape index (κ1) is 10.9. The molecule has 0 atom stereocenters. The van der Waals surface area contributed by atoms with Crippen molar-refractivity contribution in [2.24, 2.45) is 5.92 Å². The molecule has 0 aromatic heterocycles. The third kappa shape index (κ3) is 2.51. The summed E-state index contributed by atoms with van der Waals surface area (Å²) in [6.45, 7) is 1.08. The molecule has 0 radical (unpaired) electrons. The van der Waals surface area contributed by atoms with Gasteiger partial charge in [-0.05, 0) is 18.2 Å². The molecule has 0 saturated carbocycles. The molecular formula is C10H11ClO3S. The molecule has 0 aliphatic carbocycles. The van der Waals surface area contributed by atoms with Crippen LogP contribution in [0.2, 0.25) is 5.02 Å². The SMILES string of the molecule is O=S(=O)(CC1COC1)c1cccc(Cl)c1. The Morgan fingerprint density at radius 2 is 2.13 bits per heavy atom. The van der Waals surface area contributed by atoms with E-state index in [4.69, 9.17) is 16.3 Å². The van der Waals surface area contributed by atoms with E-state index in [9.17, 15) is 8.42 Å². The van der Waals surface area contributed by atoms with Crippen LogP contribution < -0.4 is 0 Å². The van der Waals surface area contributed by atoms with Crippen molar-refractivity contribution in [3.8, 4) is 0 Å². The van der Waals surface area contributed by atoms with E-state index >= 15 is 0 Å². The third-order valence-electron chi connectivity index (χ3n) is 2.32. The number of hydrogen-bond acceptors (Lipinski definition) is 3. The first-order valence-corrected chi connectivity index (χ1v) is 6.67. The summed E-state index contributed by atoms with van der Waals surface area (Å²) in [5.41, 5.74) is 0. The van der Waals surface area contributed by atoms with Gasteiger partial charge in [-0.3, -0.25) is 0 Å². The summed E-state index contributed by atoms with van der Waals surface area (Å²) in [6, 6.07) is 6.36. The predicted molar refractivity (Wildman–Crippen MR) is 57.8 cm³/mol. The lowest BCUT2D eigenvalue weighted by Gasteiger charge is -2.25. The predicted octanol–water partition coefficient (Wildman–Crippen LogP) is 1.76. The van der Waals surface area contributed by atoms with E-state index in [0.29, 0.717) is 23.1 Å². The third-order valence-corrected chi connectivity index (χ3v) is 4.43. The van der Waals surface area contributed by atoms with Crippen molar-refractivity contribution >= 4 is 21.4 Å². The lowest BCUT2D eigenvalue weighted by atomic mass is 10.1. The fourth-order valence-electron chi connectivity index (χ4n) is 1.45.